The second-order valence-corrected chi connectivity index (χ2v) is 5.12. The summed E-state index contributed by atoms with van der Waals surface area (Å²) in [5.41, 5.74) is 5.09. The molecule has 1 amide bonds. The minimum Gasteiger partial charge on any atom is -0.370 e. The van der Waals surface area contributed by atoms with Crippen LogP contribution in [0.2, 0.25) is 0 Å². The summed E-state index contributed by atoms with van der Waals surface area (Å²) >= 11 is 1.68. The third-order valence-corrected chi connectivity index (χ3v) is 3.51. The predicted molar refractivity (Wildman–Crippen MR) is 64.1 cm³/mol. The van der Waals surface area contributed by atoms with E-state index >= 15 is 0 Å². The predicted octanol–water partition coefficient (Wildman–Crippen LogP) is 0.981. The molecular formula is C10H18N4OS. The number of hydrogen-bond donors (Lipinski definition) is 1. The highest BCUT2D eigenvalue weighted by Gasteiger charge is 2.10. The van der Waals surface area contributed by atoms with Gasteiger partial charge < -0.3 is 10.3 Å². The standard InChI is InChI=1S/C10H18N4OS/c1-7(2)6-16-10-13-12-9(14(10)3)5-4-8(11)15/h7H,4-6H2,1-3H3,(H2,11,15). The largest absolute Gasteiger partial charge is 0.370 e. The van der Waals surface area contributed by atoms with Gasteiger partial charge in [0.25, 0.3) is 0 Å². The van der Waals surface area contributed by atoms with Crippen LogP contribution in [0.25, 0.3) is 0 Å². The first-order chi connectivity index (χ1) is 7.50. The van der Waals surface area contributed by atoms with E-state index in [9.17, 15) is 4.79 Å². The molecule has 0 saturated carbocycles. The average Bonchev–Trinajstić information content (AvgIpc) is 2.53. The van der Waals surface area contributed by atoms with Gasteiger partial charge in [0.15, 0.2) is 5.16 Å². The number of carbonyl (C=O) groups is 1. The molecule has 16 heavy (non-hydrogen) atoms. The quantitative estimate of drug-likeness (QED) is 0.755. The van der Waals surface area contributed by atoms with E-state index < -0.39 is 0 Å². The van der Waals surface area contributed by atoms with E-state index in [1.165, 1.54) is 0 Å². The Morgan fingerprint density at radius 2 is 2.19 bits per heavy atom. The Labute approximate surface area is 99.8 Å². The van der Waals surface area contributed by atoms with Gasteiger partial charge in [-0.2, -0.15) is 0 Å². The lowest BCUT2D eigenvalue weighted by Crippen LogP contribution is -2.12. The van der Waals surface area contributed by atoms with Crippen molar-refractivity contribution in [3.63, 3.8) is 0 Å². The summed E-state index contributed by atoms with van der Waals surface area (Å²) in [5, 5.41) is 9.04. The van der Waals surface area contributed by atoms with E-state index in [0.717, 1.165) is 16.7 Å². The molecule has 90 valence electrons. The number of amides is 1. The van der Waals surface area contributed by atoms with Crippen LogP contribution in [-0.4, -0.2) is 26.4 Å². The van der Waals surface area contributed by atoms with Gasteiger partial charge in [-0.3, -0.25) is 4.79 Å². The Kier molecular flexibility index (Phi) is 4.79. The molecule has 1 rings (SSSR count). The van der Waals surface area contributed by atoms with Crippen molar-refractivity contribution in [1.82, 2.24) is 14.8 Å². The summed E-state index contributed by atoms with van der Waals surface area (Å²) < 4.78 is 1.93. The molecule has 0 aromatic carbocycles. The van der Waals surface area contributed by atoms with Gasteiger partial charge in [-0.05, 0) is 5.92 Å². The van der Waals surface area contributed by atoms with Crippen molar-refractivity contribution in [3.05, 3.63) is 5.82 Å². The normalized spacial score (nSPS) is 11.0. The molecule has 0 saturated heterocycles. The molecule has 0 aliphatic rings. The maximum Gasteiger partial charge on any atom is 0.217 e. The van der Waals surface area contributed by atoms with Gasteiger partial charge in [-0.25, -0.2) is 0 Å². The van der Waals surface area contributed by atoms with Gasteiger partial charge in [-0.1, -0.05) is 25.6 Å². The van der Waals surface area contributed by atoms with Crippen LogP contribution in [0.15, 0.2) is 5.16 Å². The number of nitrogens with two attached hydrogens (primary N) is 1. The molecule has 0 aliphatic carbocycles. The molecule has 5 nitrogen and oxygen atoms in total. The lowest BCUT2D eigenvalue weighted by molar-refractivity contribution is -0.118. The van der Waals surface area contributed by atoms with Crippen molar-refractivity contribution in [2.45, 2.75) is 31.8 Å². The van der Waals surface area contributed by atoms with Crippen molar-refractivity contribution in [1.29, 1.82) is 0 Å². The number of aryl methyl sites for hydroxylation is 1. The SMILES string of the molecule is CC(C)CSc1nnc(CCC(N)=O)n1C. The monoisotopic (exact) mass is 242 g/mol. The highest BCUT2D eigenvalue weighted by molar-refractivity contribution is 7.99. The molecule has 0 unspecified atom stereocenters. The first-order valence-corrected chi connectivity index (χ1v) is 6.28. The van der Waals surface area contributed by atoms with Gasteiger partial charge in [0.05, 0.1) is 0 Å². The van der Waals surface area contributed by atoms with Gasteiger partial charge in [-0.15, -0.1) is 10.2 Å². The van der Waals surface area contributed by atoms with E-state index in [0.29, 0.717) is 18.8 Å². The van der Waals surface area contributed by atoms with Crippen LogP contribution in [0.1, 0.15) is 26.1 Å². The Morgan fingerprint density at radius 1 is 1.50 bits per heavy atom. The minimum absolute atomic E-state index is 0.306. The summed E-state index contributed by atoms with van der Waals surface area (Å²) in [7, 11) is 1.92. The van der Waals surface area contributed by atoms with E-state index in [-0.39, 0.29) is 5.91 Å². The van der Waals surface area contributed by atoms with Crippen molar-refractivity contribution in [3.8, 4) is 0 Å². The molecular weight excluding hydrogens is 224 g/mol. The van der Waals surface area contributed by atoms with Gasteiger partial charge >= 0.3 is 0 Å². The van der Waals surface area contributed by atoms with Crippen LogP contribution in [-0.2, 0) is 18.3 Å². The average molecular weight is 242 g/mol. The Morgan fingerprint density at radius 3 is 2.75 bits per heavy atom. The molecule has 1 aromatic heterocycles. The number of primary amides is 1. The number of aromatic nitrogens is 3. The highest BCUT2D eigenvalue weighted by Crippen LogP contribution is 2.18. The first-order valence-electron chi connectivity index (χ1n) is 5.30. The van der Waals surface area contributed by atoms with Gasteiger partial charge in [0.1, 0.15) is 5.82 Å². The van der Waals surface area contributed by atoms with Gasteiger partial charge in [0.2, 0.25) is 5.91 Å². The molecule has 1 aromatic rings. The van der Waals surface area contributed by atoms with E-state index in [1.54, 1.807) is 11.8 Å². The van der Waals surface area contributed by atoms with Crippen molar-refractivity contribution in [2.24, 2.45) is 18.7 Å². The fourth-order valence-corrected chi connectivity index (χ4v) is 2.04. The summed E-state index contributed by atoms with van der Waals surface area (Å²) in [4.78, 5) is 10.7. The topological polar surface area (TPSA) is 73.8 Å². The second-order valence-electron chi connectivity index (χ2n) is 4.13. The molecule has 0 fully saturated rings. The number of hydrogen-bond acceptors (Lipinski definition) is 4. The van der Waals surface area contributed by atoms with Gasteiger partial charge in [0, 0.05) is 25.6 Å². The minimum atomic E-state index is -0.306. The lowest BCUT2D eigenvalue weighted by Gasteiger charge is -2.04. The van der Waals surface area contributed by atoms with Crippen LogP contribution in [0.3, 0.4) is 0 Å². The van der Waals surface area contributed by atoms with E-state index in [1.807, 2.05) is 11.6 Å². The third kappa shape index (κ3) is 3.84. The van der Waals surface area contributed by atoms with E-state index in [4.69, 9.17) is 5.73 Å². The molecule has 1 heterocycles. The maximum absolute atomic E-state index is 10.7. The van der Waals surface area contributed by atoms with Crippen LogP contribution < -0.4 is 5.73 Å². The van der Waals surface area contributed by atoms with Crippen molar-refractivity contribution >= 4 is 17.7 Å². The summed E-state index contributed by atoms with van der Waals surface area (Å²) in [6.07, 6.45) is 0.877. The number of carbonyl (C=O) groups excluding carboxylic acids is 1. The van der Waals surface area contributed by atoms with Crippen LogP contribution in [0, 0.1) is 5.92 Å². The summed E-state index contributed by atoms with van der Waals surface area (Å²) in [5.74, 6) is 2.14. The number of rotatable bonds is 6. The molecule has 6 heteroatoms. The zero-order valence-electron chi connectivity index (χ0n) is 9.93. The van der Waals surface area contributed by atoms with Crippen LogP contribution in [0.4, 0.5) is 0 Å². The molecule has 0 aliphatic heterocycles. The zero-order chi connectivity index (χ0) is 12.1. The van der Waals surface area contributed by atoms with Crippen molar-refractivity contribution in [2.75, 3.05) is 5.75 Å². The molecule has 0 bridgehead atoms. The first kappa shape index (κ1) is 13.0. The summed E-state index contributed by atoms with van der Waals surface area (Å²) in [6, 6.07) is 0. The molecule has 0 radical (unpaired) electrons. The lowest BCUT2D eigenvalue weighted by atomic mass is 10.3. The fourth-order valence-electron chi connectivity index (χ4n) is 1.16. The zero-order valence-corrected chi connectivity index (χ0v) is 10.8. The number of nitrogens with zero attached hydrogens (tertiary/aromatic N) is 3. The molecule has 0 atom stereocenters. The number of thioether (sulfide) groups is 1. The Balaban J connectivity index is 2.57. The maximum atomic E-state index is 10.7. The summed E-state index contributed by atoms with van der Waals surface area (Å²) in [6.45, 7) is 4.33. The second kappa shape index (κ2) is 5.89. The molecule has 0 spiro atoms. The third-order valence-electron chi connectivity index (χ3n) is 2.07. The highest BCUT2D eigenvalue weighted by atomic mass is 32.2. The van der Waals surface area contributed by atoms with E-state index in [2.05, 4.69) is 24.0 Å². The van der Waals surface area contributed by atoms with Crippen molar-refractivity contribution < 1.29 is 4.79 Å². The molecule has 2 N–H and O–H groups in total. The fraction of sp³-hybridized carbons (Fsp3) is 0.700. The Bertz CT molecular complexity index is 362. The van der Waals surface area contributed by atoms with Crippen LogP contribution in [0.5, 0.6) is 0 Å². The smallest absolute Gasteiger partial charge is 0.217 e. The Hall–Kier alpha value is -1.04. The van der Waals surface area contributed by atoms with Crippen LogP contribution >= 0.6 is 11.8 Å².